The zero-order valence-electron chi connectivity index (χ0n) is 15.8. The molecule has 0 aromatic heterocycles. The Morgan fingerprint density at radius 2 is 1.75 bits per heavy atom. The summed E-state index contributed by atoms with van der Waals surface area (Å²) in [5.74, 6) is -0.992. The summed E-state index contributed by atoms with van der Waals surface area (Å²) in [6.07, 6.45) is 2.94. The van der Waals surface area contributed by atoms with E-state index in [1.165, 1.54) is 4.90 Å². The van der Waals surface area contributed by atoms with Crippen LogP contribution in [-0.2, 0) is 23.9 Å². The van der Waals surface area contributed by atoms with Crippen molar-refractivity contribution in [1.29, 1.82) is 0 Å². The topological polar surface area (TPSA) is 92.8 Å². The first-order chi connectivity index (χ1) is 13.5. The van der Waals surface area contributed by atoms with Gasteiger partial charge in [-0.1, -0.05) is 18.2 Å². The van der Waals surface area contributed by atoms with Crippen LogP contribution in [0.25, 0.3) is 0 Å². The van der Waals surface area contributed by atoms with Crippen LogP contribution < -0.4 is 5.32 Å². The number of hydrogen-bond donors (Lipinski definition) is 1. The fourth-order valence-electron chi connectivity index (χ4n) is 5.01. The van der Waals surface area contributed by atoms with Gasteiger partial charge in [0.15, 0.2) is 6.61 Å². The number of carbonyl (C=O) groups excluding carboxylic acids is 4. The maximum atomic E-state index is 12.6. The summed E-state index contributed by atoms with van der Waals surface area (Å²) in [4.78, 5) is 50.3. The van der Waals surface area contributed by atoms with Crippen LogP contribution in [0.2, 0.25) is 0 Å². The number of amides is 3. The van der Waals surface area contributed by atoms with Crippen LogP contribution in [0.15, 0.2) is 24.3 Å². The highest BCUT2D eigenvalue weighted by molar-refractivity contribution is 6.06. The SMILES string of the molecule is Cc1ccccc1NC(=O)COC(=O)CCN1C(=O)[C@@H]2[C@@H]3CC[C@@H](C3)[C@@H]2C1=O. The number of anilines is 1. The molecule has 1 N–H and O–H groups in total. The monoisotopic (exact) mass is 384 g/mol. The van der Waals surface area contributed by atoms with Gasteiger partial charge in [0.2, 0.25) is 11.8 Å². The Hall–Kier alpha value is -2.70. The molecule has 0 unspecified atom stereocenters. The molecule has 0 spiro atoms. The number of esters is 1. The molecule has 3 aliphatic rings. The molecule has 2 aliphatic carbocycles. The lowest BCUT2D eigenvalue weighted by Crippen LogP contribution is -2.35. The van der Waals surface area contributed by atoms with Crippen molar-refractivity contribution >= 4 is 29.4 Å². The summed E-state index contributed by atoms with van der Waals surface area (Å²) in [7, 11) is 0. The van der Waals surface area contributed by atoms with E-state index >= 15 is 0 Å². The highest BCUT2D eigenvalue weighted by Crippen LogP contribution is 2.56. The Balaban J connectivity index is 1.24. The number of fused-ring (bicyclic) bond motifs is 5. The van der Waals surface area contributed by atoms with Crippen molar-refractivity contribution in [2.45, 2.75) is 32.6 Å². The predicted octanol–water partition coefficient (Wildman–Crippen LogP) is 1.90. The Labute approximate surface area is 163 Å². The third-order valence-corrected chi connectivity index (χ3v) is 6.34. The van der Waals surface area contributed by atoms with Gasteiger partial charge in [-0.25, -0.2) is 0 Å². The molecule has 148 valence electrons. The molecular weight excluding hydrogens is 360 g/mol. The first-order valence-electron chi connectivity index (χ1n) is 9.82. The average Bonchev–Trinajstić information content (AvgIpc) is 3.35. The summed E-state index contributed by atoms with van der Waals surface area (Å²) in [6, 6.07) is 7.31. The van der Waals surface area contributed by atoms with Gasteiger partial charge in [0.25, 0.3) is 5.91 Å². The number of rotatable bonds is 6. The summed E-state index contributed by atoms with van der Waals surface area (Å²) in [6.45, 7) is 1.50. The minimum atomic E-state index is -0.597. The van der Waals surface area contributed by atoms with Crippen molar-refractivity contribution in [3.8, 4) is 0 Å². The molecule has 4 rings (SSSR count). The molecule has 1 saturated heterocycles. The third-order valence-electron chi connectivity index (χ3n) is 6.34. The van der Waals surface area contributed by atoms with Gasteiger partial charge in [-0.05, 0) is 49.7 Å². The van der Waals surface area contributed by atoms with Gasteiger partial charge in [-0.3, -0.25) is 24.1 Å². The van der Waals surface area contributed by atoms with E-state index in [0.29, 0.717) is 17.5 Å². The van der Waals surface area contributed by atoms with Gasteiger partial charge in [0.05, 0.1) is 18.3 Å². The highest BCUT2D eigenvalue weighted by Gasteiger charge is 2.60. The number of nitrogens with zero attached hydrogens (tertiary/aromatic N) is 1. The Kier molecular flexibility index (Phi) is 4.91. The predicted molar refractivity (Wildman–Crippen MR) is 99.9 cm³/mol. The number of para-hydroxylation sites is 1. The summed E-state index contributed by atoms with van der Waals surface area (Å²) >= 11 is 0. The summed E-state index contributed by atoms with van der Waals surface area (Å²) in [5, 5.41) is 2.69. The fraction of sp³-hybridized carbons (Fsp3) is 0.524. The van der Waals surface area contributed by atoms with Crippen molar-refractivity contribution in [3.63, 3.8) is 0 Å². The van der Waals surface area contributed by atoms with Crippen molar-refractivity contribution in [2.75, 3.05) is 18.5 Å². The number of imide groups is 1. The minimum Gasteiger partial charge on any atom is -0.456 e. The molecule has 4 atom stereocenters. The number of carbonyl (C=O) groups is 4. The van der Waals surface area contributed by atoms with Crippen molar-refractivity contribution in [2.24, 2.45) is 23.7 Å². The van der Waals surface area contributed by atoms with Gasteiger partial charge >= 0.3 is 5.97 Å². The quantitative estimate of drug-likeness (QED) is 0.597. The molecule has 7 heteroatoms. The average molecular weight is 384 g/mol. The first kappa shape index (κ1) is 18.7. The largest absolute Gasteiger partial charge is 0.456 e. The van der Waals surface area contributed by atoms with E-state index in [0.717, 1.165) is 24.8 Å². The first-order valence-corrected chi connectivity index (χ1v) is 9.82. The standard InChI is InChI=1S/C21H24N2O5/c1-12-4-2-3-5-15(12)22-16(24)11-28-17(25)8-9-23-20(26)18-13-6-7-14(10-13)19(18)21(23)27/h2-5,13-14,18-19H,6-11H2,1H3,(H,22,24)/t13-,14+,18-,19+. The maximum absolute atomic E-state index is 12.6. The van der Waals surface area contributed by atoms with E-state index in [-0.39, 0.29) is 36.6 Å². The van der Waals surface area contributed by atoms with Crippen LogP contribution in [0, 0.1) is 30.6 Å². The fourth-order valence-corrected chi connectivity index (χ4v) is 5.01. The van der Waals surface area contributed by atoms with Gasteiger partial charge < -0.3 is 10.1 Å². The number of nitrogens with one attached hydrogen (secondary N) is 1. The summed E-state index contributed by atoms with van der Waals surface area (Å²) < 4.78 is 4.99. The van der Waals surface area contributed by atoms with Crippen molar-refractivity contribution in [1.82, 2.24) is 4.90 Å². The zero-order chi connectivity index (χ0) is 19.8. The molecule has 2 bridgehead atoms. The summed E-state index contributed by atoms with van der Waals surface area (Å²) in [5.41, 5.74) is 1.57. The van der Waals surface area contributed by atoms with Gasteiger partial charge in [0, 0.05) is 12.2 Å². The number of likely N-dealkylation sites (tertiary alicyclic amines) is 1. The lowest BCUT2D eigenvalue weighted by Gasteiger charge is -2.19. The molecule has 7 nitrogen and oxygen atoms in total. The van der Waals surface area contributed by atoms with Crippen molar-refractivity contribution < 1.29 is 23.9 Å². The van der Waals surface area contributed by atoms with E-state index < -0.39 is 18.5 Å². The Morgan fingerprint density at radius 3 is 2.39 bits per heavy atom. The molecule has 3 amide bonds. The molecule has 28 heavy (non-hydrogen) atoms. The number of ether oxygens (including phenoxy) is 1. The molecule has 0 radical (unpaired) electrons. The van der Waals surface area contributed by atoms with E-state index in [1.54, 1.807) is 12.1 Å². The van der Waals surface area contributed by atoms with E-state index in [2.05, 4.69) is 5.32 Å². The molecule has 1 aliphatic heterocycles. The molecule has 2 saturated carbocycles. The van der Waals surface area contributed by atoms with E-state index in [9.17, 15) is 19.2 Å². The molecule has 1 aromatic rings. The second-order valence-corrected chi connectivity index (χ2v) is 7.99. The number of aryl methyl sites for hydroxylation is 1. The number of benzene rings is 1. The smallest absolute Gasteiger partial charge is 0.308 e. The molecular formula is C21H24N2O5. The van der Waals surface area contributed by atoms with Crippen LogP contribution in [0.5, 0.6) is 0 Å². The third kappa shape index (κ3) is 3.30. The molecule has 3 fully saturated rings. The van der Waals surface area contributed by atoms with Crippen LogP contribution in [0.1, 0.15) is 31.2 Å². The lowest BCUT2D eigenvalue weighted by molar-refractivity contribution is -0.149. The van der Waals surface area contributed by atoms with Crippen LogP contribution >= 0.6 is 0 Å². The zero-order valence-corrected chi connectivity index (χ0v) is 15.8. The Morgan fingerprint density at radius 1 is 1.11 bits per heavy atom. The van der Waals surface area contributed by atoms with Gasteiger partial charge in [0.1, 0.15) is 0 Å². The normalized spacial score (nSPS) is 27.8. The number of hydrogen-bond acceptors (Lipinski definition) is 5. The molecule has 1 heterocycles. The van der Waals surface area contributed by atoms with Crippen LogP contribution in [0.3, 0.4) is 0 Å². The molecule has 1 aromatic carbocycles. The van der Waals surface area contributed by atoms with E-state index in [1.807, 2.05) is 19.1 Å². The van der Waals surface area contributed by atoms with E-state index in [4.69, 9.17) is 4.74 Å². The second-order valence-electron chi connectivity index (χ2n) is 7.99. The Bertz CT molecular complexity index is 808. The van der Waals surface area contributed by atoms with Gasteiger partial charge in [-0.15, -0.1) is 0 Å². The lowest BCUT2D eigenvalue weighted by atomic mass is 9.81. The minimum absolute atomic E-state index is 0.0301. The van der Waals surface area contributed by atoms with Gasteiger partial charge in [-0.2, -0.15) is 0 Å². The van der Waals surface area contributed by atoms with Crippen LogP contribution in [-0.4, -0.2) is 41.7 Å². The van der Waals surface area contributed by atoms with Crippen molar-refractivity contribution in [3.05, 3.63) is 29.8 Å². The maximum Gasteiger partial charge on any atom is 0.308 e. The highest BCUT2D eigenvalue weighted by atomic mass is 16.5. The second kappa shape index (κ2) is 7.37. The van der Waals surface area contributed by atoms with Crippen LogP contribution in [0.4, 0.5) is 5.69 Å².